The third-order valence-electron chi connectivity index (χ3n) is 3.22. The second-order valence-electron chi connectivity index (χ2n) is 4.91. The molecule has 3 unspecified atom stereocenters. The van der Waals surface area contributed by atoms with Gasteiger partial charge >= 0.3 is 0 Å². The first-order chi connectivity index (χ1) is 8.50. The van der Waals surface area contributed by atoms with Crippen molar-refractivity contribution in [1.29, 1.82) is 0 Å². The highest BCUT2D eigenvalue weighted by Crippen LogP contribution is 2.17. The smallest absolute Gasteiger partial charge is 0.0650 e. The van der Waals surface area contributed by atoms with Crippen molar-refractivity contribution < 1.29 is 10.2 Å². The lowest BCUT2D eigenvalue weighted by Crippen LogP contribution is -2.31. The van der Waals surface area contributed by atoms with Gasteiger partial charge in [0, 0.05) is 11.8 Å². The van der Waals surface area contributed by atoms with Crippen molar-refractivity contribution in [2.75, 3.05) is 0 Å². The second kappa shape index (κ2) is 10.1. The van der Waals surface area contributed by atoms with Gasteiger partial charge in [0.15, 0.2) is 0 Å². The lowest BCUT2D eigenvalue weighted by atomic mass is 9.89. The molecule has 0 amide bonds. The van der Waals surface area contributed by atoms with Gasteiger partial charge in [-0.15, -0.1) is 0 Å². The fraction of sp³-hybridized carbons (Fsp3) is 0.625. The molecule has 0 fully saturated rings. The van der Waals surface area contributed by atoms with Gasteiger partial charge in [0.2, 0.25) is 0 Å². The Morgan fingerprint density at radius 1 is 0.944 bits per heavy atom. The largest absolute Gasteiger partial charge is 0.393 e. The highest BCUT2D eigenvalue weighted by molar-refractivity contribution is 5.02. The van der Waals surface area contributed by atoms with Gasteiger partial charge in [-0.1, -0.05) is 50.3 Å². The van der Waals surface area contributed by atoms with Crippen LogP contribution in [0.25, 0.3) is 0 Å². The average Bonchev–Trinajstić information content (AvgIpc) is 2.35. The Labute approximate surface area is 112 Å². The molecule has 0 rings (SSSR count). The van der Waals surface area contributed by atoms with Crippen molar-refractivity contribution in [1.82, 2.24) is 0 Å². The van der Waals surface area contributed by atoms with Crippen molar-refractivity contribution in [2.45, 2.75) is 52.7 Å². The summed E-state index contributed by atoms with van der Waals surface area (Å²) in [7, 11) is 0. The van der Waals surface area contributed by atoms with Crippen molar-refractivity contribution >= 4 is 0 Å². The van der Waals surface area contributed by atoms with Crippen molar-refractivity contribution in [3.63, 3.8) is 0 Å². The fourth-order valence-electron chi connectivity index (χ4n) is 1.67. The minimum absolute atomic E-state index is 0.0779. The molecular formula is C16H28O2. The third kappa shape index (κ3) is 7.46. The van der Waals surface area contributed by atoms with Gasteiger partial charge in [0.1, 0.15) is 0 Å². The molecule has 0 saturated heterocycles. The molecule has 0 saturated carbocycles. The van der Waals surface area contributed by atoms with Gasteiger partial charge in [0.25, 0.3) is 0 Å². The molecule has 2 heteroatoms. The molecule has 0 bridgehead atoms. The van der Waals surface area contributed by atoms with Gasteiger partial charge in [0.05, 0.1) is 12.2 Å². The van der Waals surface area contributed by atoms with Crippen molar-refractivity contribution in [3.05, 3.63) is 36.5 Å². The van der Waals surface area contributed by atoms with Crippen LogP contribution >= 0.6 is 0 Å². The zero-order valence-electron chi connectivity index (χ0n) is 12.1. The van der Waals surface area contributed by atoms with Crippen LogP contribution in [0, 0.1) is 11.8 Å². The van der Waals surface area contributed by atoms with Crippen LogP contribution in [0.5, 0.6) is 0 Å². The van der Waals surface area contributed by atoms with Crippen LogP contribution < -0.4 is 0 Å². The van der Waals surface area contributed by atoms with Gasteiger partial charge < -0.3 is 10.2 Å². The van der Waals surface area contributed by atoms with Crippen molar-refractivity contribution in [2.24, 2.45) is 11.8 Å². The Balaban J connectivity index is 3.96. The van der Waals surface area contributed by atoms with Gasteiger partial charge in [-0.25, -0.2) is 0 Å². The normalized spacial score (nSPS) is 19.7. The van der Waals surface area contributed by atoms with Crippen molar-refractivity contribution in [3.8, 4) is 0 Å². The minimum atomic E-state index is -0.486. The molecule has 0 aromatic rings. The molecule has 0 radical (unpaired) electrons. The van der Waals surface area contributed by atoms with Gasteiger partial charge in [-0.3, -0.25) is 0 Å². The van der Waals surface area contributed by atoms with E-state index in [2.05, 4.69) is 12.2 Å². The summed E-state index contributed by atoms with van der Waals surface area (Å²) in [5.41, 5.74) is 0. The number of rotatable bonds is 8. The van der Waals surface area contributed by atoms with E-state index >= 15 is 0 Å². The Hall–Kier alpha value is -0.860. The van der Waals surface area contributed by atoms with E-state index in [-0.39, 0.29) is 11.8 Å². The maximum Gasteiger partial charge on any atom is 0.0650 e. The highest BCUT2D eigenvalue weighted by Gasteiger charge is 2.22. The Bertz CT molecular complexity index is 277. The SMILES string of the molecule is C/C=C/C=C/CC/C=C/C(C)C(O)[C@@H](C)C(C)O. The molecule has 0 heterocycles. The predicted molar refractivity (Wildman–Crippen MR) is 78.3 cm³/mol. The first-order valence-corrected chi connectivity index (χ1v) is 6.81. The summed E-state index contributed by atoms with van der Waals surface area (Å²) in [6, 6.07) is 0. The van der Waals surface area contributed by atoms with Crippen LogP contribution in [0.15, 0.2) is 36.5 Å². The van der Waals surface area contributed by atoms with Gasteiger partial charge in [-0.2, -0.15) is 0 Å². The number of allylic oxidation sites excluding steroid dienone is 5. The second-order valence-corrected chi connectivity index (χ2v) is 4.91. The zero-order chi connectivity index (χ0) is 14.0. The molecule has 104 valence electrons. The van der Waals surface area contributed by atoms with E-state index in [1.54, 1.807) is 6.92 Å². The predicted octanol–water partition coefficient (Wildman–Crippen LogP) is 3.47. The van der Waals surface area contributed by atoms with Crippen LogP contribution in [0.3, 0.4) is 0 Å². The number of aliphatic hydroxyl groups excluding tert-OH is 2. The Morgan fingerprint density at radius 2 is 1.56 bits per heavy atom. The van der Waals surface area contributed by atoms with Crippen LogP contribution in [-0.2, 0) is 0 Å². The van der Waals surface area contributed by atoms with E-state index in [1.165, 1.54) is 0 Å². The molecule has 0 aromatic heterocycles. The number of unbranched alkanes of at least 4 members (excludes halogenated alkanes) is 1. The topological polar surface area (TPSA) is 40.5 Å². The summed E-state index contributed by atoms with van der Waals surface area (Å²) in [5, 5.41) is 19.4. The van der Waals surface area contributed by atoms with E-state index < -0.39 is 12.2 Å². The Morgan fingerprint density at radius 3 is 2.11 bits per heavy atom. The fourth-order valence-corrected chi connectivity index (χ4v) is 1.67. The minimum Gasteiger partial charge on any atom is -0.393 e. The lowest BCUT2D eigenvalue weighted by Gasteiger charge is -2.24. The van der Waals surface area contributed by atoms with E-state index in [9.17, 15) is 10.2 Å². The summed E-state index contributed by atoms with van der Waals surface area (Å²) < 4.78 is 0. The molecule has 0 aliphatic carbocycles. The number of hydrogen-bond acceptors (Lipinski definition) is 2. The summed E-state index contributed by atoms with van der Waals surface area (Å²) in [6.07, 6.45) is 13.4. The number of hydrogen-bond donors (Lipinski definition) is 2. The maximum atomic E-state index is 9.99. The highest BCUT2D eigenvalue weighted by atomic mass is 16.3. The summed E-state index contributed by atoms with van der Waals surface area (Å²) in [5.74, 6) is -0.0200. The molecular weight excluding hydrogens is 224 g/mol. The quantitative estimate of drug-likeness (QED) is 0.394. The van der Waals surface area contributed by atoms with Crippen LogP contribution in [-0.4, -0.2) is 22.4 Å². The van der Waals surface area contributed by atoms with E-state index in [0.717, 1.165) is 12.8 Å². The van der Waals surface area contributed by atoms with E-state index in [1.807, 2.05) is 45.1 Å². The maximum absolute atomic E-state index is 9.99. The van der Waals surface area contributed by atoms with E-state index in [0.29, 0.717) is 0 Å². The number of aliphatic hydroxyl groups is 2. The Kier molecular flexibility index (Phi) is 9.62. The summed E-state index contributed by atoms with van der Waals surface area (Å²) >= 11 is 0. The van der Waals surface area contributed by atoms with Gasteiger partial charge in [-0.05, 0) is 26.7 Å². The van der Waals surface area contributed by atoms with Crippen LogP contribution in [0.4, 0.5) is 0 Å². The molecule has 4 atom stereocenters. The standard InChI is InChI=1S/C16H28O2/c1-5-6-7-8-9-10-11-12-13(2)16(18)14(3)15(4)17/h5-8,11-18H,9-10H2,1-4H3/b6-5+,8-7+,12-11+/t13?,14-,15?,16?/m0/s1. The monoisotopic (exact) mass is 252 g/mol. The summed E-state index contributed by atoms with van der Waals surface area (Å²) in [4.78, 5) is 0. The average molecular weight is 252 g/mol. The molecule has 0 spiro atoms. The van der Waals surface area contributed by atoms with Crippen LogP contribution in [0.2, 0.25) is 0 Å². The third-order valence-corrected chi connectivity index (χ3v) is 3.22. The van der Waals surface area contributed by atoms with Crippen LogP contribution in [0.1, 0.15) is 40.5 Å². The summed E-state index contributed by atoms with van der Waals surface area (Å²) in [6.45, 7) is 7.57. The van der Waals surface area contributed by atoms with E-state index in [4.69, 9.17) is 0 Å². The molecule has 2 N–H and O–H groups in total. The molecule has 18 heavy (non-hydrogen) atoms. The first-order valence-electron chi connectivity index (χ1n) is 6.81. The molecule has 0 aliphatic rings. The molecule has 2 nitrogen and oxygen atoms in total. The zero-order valence-corrected chi connectivity index (χ0v) is 12.1. The first kappa shape index (κ1) is 17.1. The lowest BCUT2D eigenvalue weighted by molar-refractivity contribution is 0.0124. The molecule has 0 aliphatic heterocycles. The molecule has 0 aromatic carbocycles.